The van der Waals surface area contributed by atoms with Crippen LogP contribution in [0, 0.1) is 0 Å². The average molecular weight is 218 g/mol. The van der Waals surface area contributed by atoms with Crippen molar-refractivity contribution in [2.24, 2.45) is 0 Å². The van der Waals surface area contributed by atoms with Crippen LogP contribution in [0.15, 0.2) is 0 Å². The van der Waals surface area contributed by atoms with Crippen LogP contribution in [0.5, 0.6) is 0 Å². The second-order valence-corrected chi connectivity index (χ2v) is 2.64. The smallest absolute Gasteiger partial charge is 0.335 e. The standard InChI is InChI=1S/C9H14O6/c1-13-8(11)6-15-7(4-3-5-10)9(12)14-2/h5,7H,3-4,6H2,1-2H3. The van der Waals surface area contributed by atoms with Crippen LogP contribution in [0.1, 0.15) is 12.8 Å². The molecule has 0 amide bonds. The summed E-state index contributed by atoms with van der Waals surface area (Å²) in [5.74, 6) is -1.20. The zero-order valence-electron chi connectivity index (χ0n) is 8.73. The minimum absolute atomic E-state index is 0.168. The van der Waals surface area contributed by atoms with Gasteiger partial charge in [0.25, 0.3) is 0 Å². The number of methoxy groups -OCH3 is 2. The molecule has 0 aromatic heterocycles. The van der Waals surface area contributed by atoms with E-state index in [2.05, 4.69) is 9.47 Å². The van der Waals surface area contributed by atoms with E-state index in [1.807, 2.05) is 0 Å². The fourth-order valence-corrected chi connectivity index (χ4v) is 0.848. The van der Waals surface area contributed by atoms with E-state index in [0.29, 0.717) is 6.29 Å². The van der Waals surface area contributed by atoms with Crippen LogP contribution in [0.4, 0.5) is 0 Å². The Labute approximate surface area is 87.5 Å². The van der Waals surface area contributed by atoms with E-state index in [-0.39, 0.29) is 19.4 Å². The predicted octanol–water partition coefficient (Wildman–Crippen LogP) is -0.303. The first-order chi connectivity index (χ1) is 7.15. The predicted molar refractivity (Wildman–Crippen MR) is 49.1 cm³/mol. The summed E-state index contributed by atoms with van der Waals surface area (Å²) in [7, 11) is 2.42. The Hall–Kier alpha value is -1.43. The lowest BCUT2D eigenvalue weighted by molar-refractivity contribution is -0.160. The van der Waals surface area contributed by atoms with Crippen molar-refractivity contribution in [2.75, 3.05) is 20.8 Å². The maximum Gasteiger partial charge on any atom is 0.335 e. The third-order valence-corrected chi connectivity index (χ3v) is 1.64. The topological polar surface area (TPSA) is 78.9 Å². The number of hydrogen-bond donors (Lipinski definition) is 0. The highest BCUT2D eigenvalue weighted by molar-refractivity contribution is 5.76. The maximum atomic E-state index is 11.1. The second kappa shape index (κ2) is 7.93. The van der Waals surface area contributed by atoms with Crippen molar-refractivity contribution in [2.45, 2.75) is 18.9 Å². The van der Waals surface area contributed by atoms with Crippen molar-refractivity contribution >= 4 is 18.2 Å². The van der Waals surface area contributed by atoms with E-state index in [4.69, 9.17) is 4.74 Å². The first kappa shape index (κ1) is 13.6. The van der Waals surface area contributed by atoms with Gasteiger partial charge in [-0.3, -0.25) is 0 Å². The van der Waals surface area contributed by atoms with Crippen LogP contribution in [0.25, 0.3) is 0 Å². The first-order valence-corrected chi connectivity index (χ1v) is 4.35. The number of carbonyl (C=O) groups is 3. The monoisotopic (exact) mass is 218 g/mol. The van der Waals surface area contributed by atoms with Crippen molar-refractivity contribution in [3.63, 3.8) is 0 Å². The summed E-state index contributed by atoms with van der Waals surface area (Å²) in [4.78, 5) is 32.0. The molecule has 0 bridgehead atoms. The fourth-order valence-electron chi connectivity index (χ4n) is 0.848. The minimum Gasteiger partial charge on any atom is -0.467 e. The van der Waals surface area contributed by atoms with Crippen LogP contribution in [-0.2, 0) is 28.6 Å². The van der Waals surface area contributed by atoms with Gasteiger partial charge in [-0.1, -0.05) is 0 Å². The van der Waals surface area contributed by atoms with E-state index in [1.165, 1.54) is 14.2 Å². The number of carbonyl (C=O) groups excluding carboxylic acids is 3. The number of aldehydes is 1. The van der Waals surface area contributed by atoms with Crippen molar-refractivity contribution in [3.05, 3.63) is 0 Å². The first-order valence-electron chi connectivity index (χ1n) is 4.35. The van der Waals surface area contributed by atoms with Gasteiger partial charge >= 0.3 is 11.9 Å². The SMILES string of the molecule is COC(=O)COC(CCC=O)C(=O)OC. The molecular weight excluding hydrogens is 204 g/mol. The fraction of sp³-hybridized carbons (Fsp3) is 0.667. The molecular formula is C9H14O6. The Morgan fingerprint density at radius 1 is 1.27 bits per heavy atom. The van der Waals surface area contributed by atoms with E-state index < -0.39 is 18.0 Å². The van der Waals surface area contributed by atoms with Gasteiger partial charge in [-0.2, -0.15) is 0 Å². The average Bonchev–Trinajstić information content (AvgIpc) is 2.27. The Balaban J connectivity index is 4.05. The Morgan fingerprint density at radius 2 is 1.93 bits per heavy atom. The number of ether oxygens (including phenoxy) is 3. The van der Waals surface area contributed by atoms with Crippen molar-refractivity contribution in [1.29, 1.82) is 0 Å². The van der Waals surface area contributed by atoms with Crippen molar-refractivity contribution in [3.8, 4) is 0 Å². The lowest BCUT2D eigenvalue weighted by atomic mass is 10.2. The molecule has 6 heteroatoms. The lowest BCUT2D eigenvalue weighted by Gasteiger charge is -2.13. The Morgan fingerprint density at radius 3 is 2.40 bits per heavy atom. The molecule has 0 rings (SSSR count). The summed E-state index contributed by atoms with van der Waals surface area (Å²) in [6, 6.07) is 0. The van der Waals surface area contributed by atoms with Gasteiger partial charge in [0.15, 0.2) is 6.10 Å². The highest BCUT2D eigenvalue weighted by Gasteiger charge is 2.20. The zero-order valence-corrected chi connectivity index (χ0v) is 8.73. The van der Waals surface area contributed by atoms with Crippen LogP contribution in [0.3, 0.4) is 0 Å². The molecule has 0 radical (unpaired) electrons. The van der Waals surface area contributed by atoms with Gasteiger partial charge < -0.3 is 19.0 Å². The van der Waals surface area contributed by atoms with E-state index in [9.17, 15) is 14.4 Å². The van der Waals surface area contributed by atoms with Crippen LogP contribution in [0.2, 0.25) is 0 Å². The molecule has 1 atom stereocenters. The molecule has 0 aromatic carbocycles. The molecule has 1 unspecified atom stereocenters. The van der Waals surface area contributed by atoms with Crippen LogP contribution < -0.4 is 0 Å². The molecule has 0 aliphatic heterocycles. The highest BCUT2D eigenvalue weighted by atomic mass is 16.6. The van der Waals surface area contributed by atoms with E-state index >= 15 is 0 Å². The third-order valence-electron chi connectivity index (χ3n) is 1.64. The molecule has 0 spiro atoms. The van der Waals surface area contributed by atoms with E-state index in [1.54, 1.807) is 0 Å². The summed E-state index contributed by atoms with van der Waals surface area (Å²) < 4.78 is 13.7. The molecule has 0 N–H and O–H groups in total. The normalized spacial score (nSPS) is 11.6. The number of rotatable bonds is 7. The van der Waals surface area contributed by atoms with Gasteiger partial charge in [0, 0.05) is 6.42 Å². The van der Waals surface area contributed by atoms with Gasteiger partial charge in [-0.15, -0.1) is 0 Å². The van der Waals surface area contributed by atoms with Crippen LogP contribution >= 0.6 is 0 Å². The number of esters is 2. The van der Waals surface area contributed by atoms with E-state index in [0.717, 1.165) is 0 Å². The second-order valence-electron chi connectivity index (χ2n) is 2.64. The molecule has 0 fully saturated rings. The summed E-state index contributed by atoms with van der Waals surface area (Å²) in [6.07, 6.45) is 0.116. The lowest BCUT2D eigenvalue weighted by Crippen LogP contribution is -2.28. The number of hydrogen-bond acceptors (Lipinski definition) is 6. The summed E-state index contributed by atoms with van der Waals surface area (Å²) in [5.41, 5.74) is 0. The highest BCUT2D eigenvalue weighted by Crippen LogP contribution is 2.03. The molecule has 0 saturated carbocycles. The summed E-state index contributed by atoms with van der Waals surface area (Å²) in [5, 5.41) is 0. The largest absolute Gasteiger partial charge is 0.467 e. The molecule has 0 aromatic rings. The molecule has 15 heavy (non-hydrogen) atoms. The summed E-state index contributed by atoms with van der Waals surface area (Å²) >= 11 is 0. The molecule has 0 aliphatic rings. The minimum atomic E-state index is -0.903. The van der Waals surface area contributed by atoms with Crippen molar-refractivity contribution in [1.82, 2.24) is 0 Å². The quantitative estimate of drug-likeness (QED) is 0.431. The maximum absolute atomic E-state index is 11.1. The third kappa shape index (κ3) is 5.79. The van der Waals surface area contributed by atoms with Gasteiger partial charge in [0.1, 0.15) is 12.9 Å². The molecule has 0 aliphatic carbocycles. The van der Waals surface area contributed by atoms with Gasteiger partial charge in [0.2, 0.25) is 0 Å². The van der Waals surface area contributed by atoms with Gasteiger partial charge in [-0.25, -0.2) is 9.59 Å². The molecule has 0 saturated heterocycles. The zero-order chi connectivity index (χ0) is 11.7. The van der Waals surface area contributed by atoms with Gasteiger partial charge in [0.05, 0.1) is 14.2 Å². The van der Waals surface area contributed by atoms with Crippen molar-refractivity contribution < 1.29 is 28.6 Å². The molecule has 86 valence electrons. The molecule has 0 heterocycles. The molecule has 6 nitrogen and oxygen atoms in total. The van der Waals surface area contributed by atoms with Gasteiger partial charge in [-0.05, 0) is 6.42 Å². The van der Waals surface area contributed by atoms with Crippen LogP contribution in [-0.4, -0.2) is 45.2 Å². The summed E-state index contributed by atoms with van der Waals surface area (Å²) in [6.45, 7) is -0.338. The Kier molecular flexibility index (Phi) is 7.17. The Bertz CT molecular complexity index is 225.